The lowest BCUT2D eigenvalue weighted by Gasteiger charge is -2.36. The van der Waals surface area contributed by atoms with Crippen LogP contribution in [0.1, 0.15) is 61.3 Å². The molecule has 210 valence electrons. The molecule has 3 nitrogen and oxygen atoms in total. The van der Waals surface area contributed by atoms with E-state index in [0.29, 0.717) is 16.8 Å². The van der Waals surface area contributed by atoms with Crippen molar-refractivity contribution in [2.24, 2.45) is 11.8 Å². The summed E-state index contributed by atoms with van der Waals surface area (Å²) in [5, 5.41) is 0.927. The van der Waals surface area contributed by atoms with E-state index in [1.165, 1.54) is 70.4 Å². The molecule has 8 heteroatoms. The molecule has 2 saturated heterocycles. The van der Waals surface area contributed by atoms with Crippen LogP contribution in [0.15, 0.2) is 62.2 Å². The maximum absolute atomic E-state index is 13.1. The molecule has 0 spiro atoms. The quantitative estimate of drug-likeness (QED) is 0.150. The van der Waals surface area contributed by atoms with Gasteiger partial charge in [-0.3, -0.25) is 9.69 Å². The molecule has 4 aliphatic rings. The summed E-state index contributed by atoms with van der Waals surface area (Å²) in [5.74, 6) is 2.18. The molecule has 0 aromatic heterocycles. The first-order valence-electron chi connectivity index (χ1n) is 14.3. The highest BCUT2D eigenvalue weighted by molar-refractivity contribution is 8.27. The van der Waals surface area contributed by atoms with E-state index in [1.54, 1.807) is 22.2 Å². The second-order valence-corrected chi connectivity index (χ2v) is 15.1. The van der Waals surface area contributed by atoms with Gasteiger partial charge in [0, 0.05) is 22.9 Å². The van der Waals surface area contributed by atoms with E-state index < -0.39 is 0 Å². The Kier molecular flexibility index (Phi) is 8.72. The van der Waals surface area contributed by atoms with Crippen LogP contribution in [0.4, 0.5) is 0 Å². The van der Waals surface area contributed by atoms with Gasteiger partial charge in [0.15, 0.2) is 0 Å². The summed E-state index contributed by atoms with van der Waals surface area (Å²) in [4.78, 5) is 20.3. The summed E-state index contributed by atoms with van der Waals surface area (Å²) in [6.45, 7) is 5.49. The van der Waals surface area contributed by atoms with Crippen molar-refractivity contribution in [1.29, 1.82) is 0 Å². The zero-order valence-corrected chi connectivity index (χ0v) is 27.4. The van der Waals surface area contributed by atoms with Crippen molar-refractivity contribution in [3.63, 3.8) is 0 Å². The van der Waals surface area contributed by atoms with Crippen LogP contribution >= 0.6 is 60.1 Å². The Morgan fingerprint density at radius 1 is 1.12 bits per heavy atom. The van der Waals surface area contributed by atoms with Gasteiger partial charge >= 0.3 is 0 Å². The Morgan fingerprint density at radius 2 is 1.98 bits per heavy atom. The number of thiol groups is 1. The fraction of sp³-hybridized carbons (Fsp3) is 0.438. The van der Waals surface area contributed by atoms with E-state index >= 15 is 0 Å². The number of amides is 1. The monoisotopic (exact) mass is 624 g/mol. The lowest BCUT2D eigenvalue weighted by atomic mass is 9.68. The van der Waals surface area contributed by atoms with Gasteiger partial charge in [0.2, 0.25) is 0 Å². The van der Waals surface area contributed by atoms with Gasteiger partial charge < -0.3 is 4.90 Å². The van der Waals surface area contributed by atoms with Crippen LogP contribution in [0.3, 0.4) is 0 Å². The molecule has 1 amide bonds. The van der Waals surface area contributed by atoms with Crippen LogP contribution < -0.4 is 0 Å². The summed E-state index contributed by atoms with van der Waals surface area (Å²) in [6.07, 6.45) is 10.8. The third kappa shape index (κ3) is 5.32. The molecule has 4 atom stereocenters. The lowest BCUT2D eigenvalue weighted by Crippen LogP contribution is -2.29. The Hall–Kier alpha value is -1.32. The number of hydrogen-bond acceptors (Lipinski definition) is 7. The standard InChI is InChI=1S/C32H36N2OS5/c1-4-33-29(35)28(40-32(33)37)31-34(5-2)30(36)27(39-31)17-20-12-13-21-18-22(14-19-8-6-9-23(15-19)38-3)24-10-7-11-25(24)26(21)16-20/h6,8-9,12-13,15-17,22,24-25,30,36H,4-5,7,10-11,14,18H2,1-3H3. The molecular weight excluding hydrogens is 589 g/mol. The van der Waals surface area contributed by atoms with Gasteiger partial charge in [-0.1, -0.05) is 72.5 Å². The van der Waals surface area contributed by atoms with Gasteiger partial charge in [0.1, 0.15) is 14.6 Å². The molecule has 2 aromatic rings. The summed E-state index contributed by atoms with van der Waals surface area (Å²) in [7, 11) is 0. The highest BCUT2D eigenvalue weighted by Gasteiger charge is 2.41. The van der Waals surface area contributed by atoms with E-state index in [0.717, 1.165) is 28.3 Å². The van der Waals surface area contributed by atoms with Gasteiger partial charge in [-0.2, -0.15) is 0 Å². The number of carbonyl (C=O) groups is 1. The molecule has 40 heavy (non-hydrogen) atoms. The van der Waals surface area contributed by atoms with E-state index in [1.807, 2.05) is 18.7 Å². The Bertz CT molecular complexity index is 1400. The molecule has 0 N–H and O–H groups in total. The number of nitrogens with zero attached hydrogens (tertiary/aromatic N) is 2. The van der Waals surface area contributed by atoms with Gasteiger partial charge in [0.25, 0.3) is 5.91 Å². The second kappa shape index (κ2) is 12.1. The van der Waals surface area contributed by atoms with Crippen LogP contribution in [-0.4, -0.2) is 44.7 Å². The van der Waals surface area contributed by atoms with Crippen molar-refractivity contribution >= 4 is 76.4 Å². The average molecular weight is 625 g/mol. The topological polar surface area (TPSA) is 23.6 Å². The molecule has 2 heterocycles. The molecule has 6 rings (SSSR count). The number of hydrogen-bond donors (Lipinski definition) is 1. The molecule has 0 bridgehead atoms. The number of fused-ring (bicyclic) bond motifs is 3. The van der Waals surface area contributed by atoms with Gasteiger partial charge in [-0.25, -0.2) is 0 Å². The van der Waals surface area contributed by atoms with Crippen molar-refractivity contribution in [2.45, 2.75) is 62.1 Å². The minimum Gasteiger partial charge on any atom is -0.349 e. The minimum absolute atomic E-state index is 0.0241. The number of likely N-dealkylation sites (N-methyl/N-ethyl adjacent to an activating group) is 2. The van der Waals surface area contributed by atoms with Gasteiger partial charge in [0.05, 0.1) is 5.03 Å². The maximum Gasteiger partial charge on any atom is 0.268 e. The highest BCUT2D eigenvalue weighted by atomic mass is 32.2. The molecule has 3 fully saturated rings. The number of thiocarbonyl (C=S) groups is 1. The Morgan fingerprint density at radius 3 is 2.73 bits per heavy atom. The lowest BCUT2D eigenvalue weighted by molar-refractivity contribution is -0.122. The molecule has 0 radical (unpaired) electrons. The fourth-order valence-electron chi connectivity index (χ4n) is 6.98. The summed E-state index contributed by atoms with van der Waals surface area (Å²) in [5.41, 5.74) is 5.84. The van der Waals surface area contributed by atoms with Crippen LogP contribution in [0.2, 0.25) is 0 Å². The van der Waals surface area contributed by atoms with Crippen molar-refractivity contribution in [3.8, 4) is 0 Å². The highest BCUT2D eigenvalue weighted by Crippen LogP contribution is 2.52. The van der Waals surface area contributed by atoms with Crippen LogP contribution in [0, 0.1) is 11.8 Å². The zero-order valence-electron chi connectivity index (χ0n) is 23.3. The predicted octanol–water partition coefficient (Wildman–Crippen LogP) is 8.42. The number of rotatable bonds is 6. The Balaban J connectivity index is 1.27. The van der Waals surface area contributed by atoms with Gasteiger partial charge in [-0.15, -0.1) is 24.4 Å². The predicted molar refractivity (Wildman–Crippen MR) is 181 cm³/mol. The third-order valence-corrected chi connectivity index (χ3v) is 13.1. The first-order valence-corrected chi connectivity index (χ1v) is 18.1. The number of thioether (sulfide) groups is 3. The van der Waals surface area contributed by atoms with E-state index in [9.17, 15) is 4.79 Å². The molecule has 1 saturated carbocycles. The van der Waals surface area contributed by atoms with Crippen molar-refractivity contribution in [1.82, 2.24) is 9.80 Å². The molecule has 2 aliphatic heterocycles. The average Bonchev–Trinajstić information content (AvgIpc) is 3.65. The first kappa shape index (κ1) is 28.8. The first-order chi connectivity index (χ1) is 19.4. The smallest absolute Gasteiger partial charge is 0.268 e. The largest absolute Gasteiger partial charge is 0.349 e. The van der Waals surface area contributed by atoms with E-state index in [4.69, 9.17) is 24.8 Å². The van der Waals surface area contributed by atoms with E-state index in [-0.39, 0.29) is 11.3 Å². The Labute approximate surface area is 262 Å². The minimum atomic E-state index is -0.0631. The summed E-state index contributed by atoms with van der Waals surface area (Å²) < 4.78 is 0.649. The second-order valence-electron chi connectivity index (χ2n) is 11.0. The van der Waals surface area contributed by atoms with Crippen LogP contribution in [0.5, 0.6) is 0 Å². The van der Waals surface area contributed by atoms with Crippen molar-refractivity contribution in [2.75, 3.05) is 19.3 Å². The van der Waals surface area contributed by atoms with Crippen LogP contribution in [-0.2, 0) is 17.6 Å². The maximum atomic E-state index is 13.1. The van der Waals surface area contributed by atoms with Crippen LogP contribution in [0.25, 0.3) is 6.08 Å². The van der Waals surface area contributed by atoms with Gasteiger partial charge in [-0.05, 0) is 104 Å². The number of benzene rings is 2. The molecule has 4 unspecified atom stereocenters. The zero-order chi connectivity index (χ0) is 28.0. The van der Waals surface area contributed by atoms with Crippen molar-refractivity contribution in [3.05, 3.63) is 79.6 Å². The number of carbonyl (C=O) groups excluding carboxylic acids is 1. The van der Waals surface area contributed by atoms with Crippen molar-refractivity contribution < 1.29 is 4.79 Å². The summed E-state index contributed by atoms with van der Waals surface area (Å²) >= 11 is 15.4. The fourth-order valence-corrected chi connectivity index (χ4v) is 10.8. The molecular formula is C32H36N2OS5. The van der Waals surface area contributed by atoms with E-state index in [2.05, 4.69) is 66.6 Å². The summed E-state index contributed by atoms with van der Waals surface area (Å²) in [6, 6.07) is 16.3. The SMILES string of the molecule is CCN1C(=O)C(=C2SC(=Cc3ccc4c(c3)C3CCCC3C(Cc3cccc(SC)c3)C4)C(S)N2CC)SC1=S. The third-order valence-electron chi connectivity index (χ3n) is 8.89. The molecule has 2 aliphatic carbocycles. The molecule has 2 aromatic carbocycles. The normalized spacial score (nSPS) is 29.1.